The molecule has 1 heterocycles. The van der Waals surface area contributed by atoms with Gasteiger partial charge in [-0.1, -0.05) is 23.8 Å². The molecule has 0 saturated carbocycles. The minimum absolute atomic E-state index is 0.320. The van der Waals surface area contributed by atoms with Crippen molar-refractivity contribution in [2.24, 2.45) is 12.8 Å². The number of aryl methyl sites for hydroxylation is 1. The van der Waals surface area contributed by atoms with Crippen molar-refractivity contribution < 1.29 is 0 Å². The van der Waals surface area contributed by atoms with Crippen LogP contribution in [0.5, 0.6) is 0 Å². The van der Waals surface area contributed by atoms with Crippen LogP contribution in [-0.2, 0) is 13.5 Å². The molecule has 7 heteroatoms. The Morgan fingerprint density at radius 1 is 1.53 bits per heavy atom. The monoisotopic (exact) mass is 295 g/mol. The van der Waals surface area contributed by atoms with Gasteiger partial charge < -0.3 is 11.1 Å². The molecule has 0 fully saturated rings. The van der Waals surface area contributed by atoms with E-state index in [0.717, 1.165) is 23.5 Å². The molecule has 1 aromatic heterocycles. The molecule has 0 bridgehead atoms. The van der Waals surface area contributed by atoms with Gasteiger partial charge in [-0.3, -0.25) is 4.68 Å². The summed E-state index contributed by atoms with van der Waals surface area (Å²) in [5.74, 6) is 0.792. The Bertz CT molecular complexity index is 596. The molecule has 0 spiro atoms. The fourth-order valence-corrected chi connectivity index (χ4v) is 2.02. The standard InChI is InChI=1S/C12H14ClN5S/c1-18-7-16-11(17-18)4-5-15-10-3-2-8(13)6-9(10)12(14)19/h2-3,6-7,15H,4-5H2,1H3,(H2,14,19). The number of nitrogens with one attached hydrogen (secondary N) is 1. The van der Waals surface area contributed by atoms with Crippen molar-refractivity contribution >= 4 is 34.5 Å². The maximum Gasteiger partial charge on any atom is 0.152 e. The predicted octanol–water partition coefficient (Wildman–Crippen LogP) is 1.76. The highest BCUT2D eigenvalue weighted by atomic mass is 35.5. The van der Waals surface area contributed by atoms with Crippen molar-refractivity contribution in [2.75, 3.05) is 11.9 Å². The number of aromatic nitrogens is 3. The number of nitrogens with zero attached hydrogens (tertiary/aromatic N) is 3. The van der Waals surface area contributed by atoms with Gasteiger partial charge in [-0.25, -0.2) is 4.98 Å². The number of rotatable bonds is 5. The van der Waals surface area contributed by atoms with E-state index in [9.17, 15) is 0 Å². The molecular weight excluding hydrogens is 282 g/mol. The largest absolute Gasteiger partial charge is 0.389 e. The zero-order valence-corrected chi connectivity index (χ0v) is 12.0. The lowest BCUT2D eigenvalue weighted by Gasteiger charge is -2.10. The zero-order chi connectivity index (χ0) is 13.8. The Balaban J connectivity index is 2.01. The number of hydrogen-bond donors (Lipinski definition) is 2. The van der Waals surface area contributed by atoms with Crippen molar-refractivity contribution in [2.45, 2.75) is 6.42 Å². The van der Waals surface area contributed by atoms with Crippen LogP contribution in [-0.4, -0.2) is 26.3 Å². The average molecular weight is 296 g/mol. The second kappa shape index (κ2) is 5.99. The molecule has 0 atom stereocenters. The average Bonchev–Trinajstić information content (AvgIpc) is 2.77. The molecule has 0 aliphatic heterocycles. The highest BCUT2D eigenvalue weighted by Gasteiger charge is 2.06. The van der Waals surface area contributed by atoms with E-state index in [2.05, 4.69) is 15.4 Å². The van der Waals surface area contributed by atoms with Gasteiger partial charge in [0.05, 0.1) is 0 Å². The highest BCUT2D eigenvalue weighted by molar-refractivity contribution is 7.80. The van der Waals surface area contributed by atoms with Gasteiger partial charge in [0.1, 0.15) is 11.3 Å². The second-order valence-corrected chi connectivity index (χ2v) is 4.94. The van der Waals surface area contributed by atoms with Gasteiger partial charge in [-0.05, 0) is 18.2 Å². The highest BCUT2D eigenvalue weighted by Crippen LogP contribution is 2.20. The number of anilines is 1. The maximum absolute atomic E-state index is 5.93. The lowest BCUT2D eigenvalue weighted by Crippen LogP contribution is -2.14. The van der Waals surface area contributed by atoms with Crippen LogP contribution in [0, 0.1) is 0 Å². The topological polar surface area (TPSA) is 68.8 Å². The first-order valence-electron chi connectivity index (χ1n) is 5.74. The third-order valence-corrected chi connectivity index (χ3v) is 3.01. The summed E-state index contributed by atoms with van der Waals surface area (Å²) < 4.78 is 1.68. The number of benzene rings is 1. The normalized spacial score (nSPS) is 10.4. The van der Waals surface area contributed by atoms with Gasteiger partial charge in [0, 0.05) is 36.3 Å². The van der Waals surface area contributed by atoms with Gasteiger partial charge in [0.15, 0.2) is 5.82 Å². The molecule has 1 aromatic carbocycles. The van der Waals surface area contributed by atoms with Crippen molar-refractivity contribution in [3.05, 3.63) is 40.9 Å². The Hall–Kier alpha value is -1.66. The van der Waals surface area contributed by atoms with Gasteiger partial charge >= 0.3 is 0 Å². The number of hydrogen-bond acceptors (Lipinski definition) is 4. The summed E-state index contributed by atoms with van der Waals surface area (Å²) in [6, 6.07) is 5.42. The van der Waals surface area contributed by atoms with E-state index in [1.807, 2.05) is 13.1 Å². The van der Waals surface area contributed by atoms with Crippen LogP contribution in [0.15, 0.2) is 24.5 Å². The first-order valence-corrected chi connectivity index (χ1v) is 6.52. The Labute approximate surface area is 121 Å². The van der Waals surface area contributed by atoms with Gasteiger partial charge in [0.2, 0.25) is 0 Å². The second-order valence-electron chi connectivity index (χ2n) is 4.07. The van der Waals surface area contributed by atoms with Crippen LogP contribution in [0.25, 0.3) is 0 Å². The van der Waals surface area contributed by atoms with E-state index in [1.165, 1.54) is 0 Å². The summed E-state index contributed by atoms with van der Waals surface area (Å²) in [6.07, 6.45) is 2.40. The Morgan fingerprint density at radius 3 is 2.95 bits per heavy atom. The summed E-state index contributed by atoms with van der Waals surface area (Å²) in [4.78, 5) is 4.48. The fraction of sp³-hybridized carbons (Fsp3) is 0.250. The molecule has 19 heavy (non-hydrogen) atoms. The van der Waals surface area contributed by atoms with Crippen LogP contribution >= 0.6 is 23.8 Å². The van der Waals surface area contributed by atoms with E-state index in [0.29, 0.717) is 16.6 Å². The van der Waals surface area contributed by atoms with Crippen molar-refractivity contribution in [1.29, 1.82) is 0 Å². The minimum Gasteiger partial charge on any atom is -0.389 e. The molecule has 0 saturated heterocycles. The molecule has 2 aromatic rings. The molecule has 3 N–H and O–H groups in total. The molecule has 0 unspecified atom stereocenters. The first-order chi connectivity index (χ1) is 9.06. The van der Waals surface area contributed by atoms with Crippen LogP contribution in [0.3, 0.4) is 0 Å². The molecule has 0 aliphatic carbocycles. The van der Waals surface area contributed by atoms with Crippen LogP contribution in [0.1, 0.15) is 11.4 Å². The minimum atomic E-state index is 0.320. The first kappa shape index (κ1) is 13.8. The van der Waals surface area contributed by atoms with E-state index in [4.69, 9.17) is 29.6 Å². The number of halogens is 1. The lowest BCUT2D eigenvalue weighted by molar-refractivity contribution is 0.742. The fourth-order valence-electron chi connectivity index (χ4n) is 1.68. The summed E-state index contributed by atoms with van der Waals surface area (Å²) in [5, 5.41) is 8.08. The molecule has 100 valence electrons. The Kier molecular flexibility index (Phi) is 4.34. The molecule has 2 rings (SSSR count). The van der Waals surface area contributed by atoms with E-state index in [-0.39, 0.29) is 0 Å². The maximum atomic E-state index is 5.93. The van der Waals surface area contributed by atoms with Gasteiger partial charge in [0.25, 0.3) is 0 Å². The van der Waals surface area contributed by atoms with Crippen molar-refractivity contribution in [3.8, 4) is 0 Å². The molecule has 0 amide bonds. The van der Waals surface area contributed by atoms with Crippen LogP contribution in [0.4, 0.5) is 5.69 Å². The van der Waals surface area contributed by atoms with Gasteiger partial charge in [-0.15, -0.1) is 0 Å². The molecule has 0 radical (unpaired) electrons. The molecule has 5 nitrogen and oxygen atoms in total. The van der Waals surface area contributed by atoms with Crippen LogP contribution in [0.2, 0.25) is 5.02 Å². The summed E-state index contributed by atoms with van der Waals surface area (Å²) >= 11 is 10.9. The SMILES string of the molecule is Cn1cnc(CCNc2ccc(Cl)cc2C(N)=S)n1. The zero-order valence-electron chi connectivity index (χ0n) is 10.4. The third kappa shape index (κ3) is 3.65. The number of thiocarbonyl (C=S) groups is 1. The lowest BCUT2D eigenvalue weighted by atomic mass is 10.1. The summed E-state index contributed by atoms with van der Waals surface area (Å²) in [7, 11) is 1.84. The number of nitrogens with two attached hydrogens (primary N) is 1. The molecular formula is C12H14ClN5S. The quantitative estimate of drug-likeness (QED) is 0.823. The van der Waals surface area contributed by atoms with Gasteiger partial charge in [-0.2, -0.15) is 5.10 Å². The van der Waals surface area contributed by atoms with Crippen molar-refractivity contribution in [3.63, 3.8) is 0 Å². The van der Waals surface area contributed by atoms with Crippen LogP contribution < -0.4 is 11.1 Å². The predicted molar refractivity (Wildman–Crippen MR) is 80.5 cm³/mol. The summed E-state index contributed by atoms with van der Waals surface area (Å²) in [5.41, 5.74) is 7.29. The van der Waals surface area contributed by atoms with Crippen molar-refractivity contribution in [1.82, 2.24) is 14.8 Å². The summed E-state index contributed by atoms with van der Waals surface area (Å²) in [6.45, 7) is 0.696. The van der Waals surface area contributed by atoms with E-state index in [1.54, 1.807) is 23.1 Å². The molecule has 0 aliphatic rings. The Morgan fingerprint density at radius 2 is 2.32 bits per heavy atom. The van der Waals surface area contributed by atoms with E-state index >= 15 is 0 Å². The van der Waals surface area contributed by atoms with E-state index < -0.39 is 0 Å². The third-order valence-electron chi connectivity index (χ3n) is 2.56. The smallest absolute Gasteiger partial charge is 0.152 e.